The number of sulfone groups is 1. The summed E-state index contributed by atoms with van der Waals surface area (Å²) in [6, 6.07) is 5.43. The van der Waals surface area contributed by atoms with Crippen LogP contribution in [0, 0.1) is 0 Å². The van der Waals surface area contributed by atoms with Gasteiger partial charge in [-0.2, -0.15) is 26.3 Å². The zero-order valence-corrected chi connectivity index (χ0v) is 18.3. The van der Waals surface area contributed by atoms with Crippen molar-refractivity contribution in [1.29, 1.82) is 0 Å². The van der Waals surface area contributed by atoms with Crippen LogP contribution in [0.1, 0.15) is 29.7 Å². The Morgan fingerprint density at radius 3 is 2.12 bits per heavy atom. The van der Waals surface area contributed by atoms with Crippen LogP contribution in [0.15, 0.2) is 47.4 Å². The highest BCUT2D eigenvalue weighted by Crippen LogP contribution is 2.53. The van der Waals surface area contributed by atoms with Gasteiger partial charge in [0.05, 0.1) is 10.6 Å². The molecule has 13 heteroatoms. The molecule has 0 saturated heterocycles. The van der Waals surface area contributed by atoms with Gasteiger partial charge in [-0.1, -0.05) is 25.1 Å². The summed E-state index contributed by atoms with van der Waals surface area (Å²) in [5, 5.41) is 5.28. The van der Waals surface area contributed by atoms with E-state index >= 15 is 0 Å². The number of hydrogen-bond donors (Lipinski definition) is 2. The SMILES string of the molecule is CCS(=O)(=O)c1ccc2c(c1)CCNC2C(=O)Nc1ccc(C(F)(C(F)(F)F)C(F)(F)F)cc1. The lowest BCUT2D eigenvalue weighted by atomic mass is 9.93. The maximum Gasteiger partial charge on any atom is 0.435 e. The molecule has 0 aromatic heterocycles. The van der Waals surface area contributed by atoms with Crippen LogP contribution in [0.2, 0.25) is 0 Å². The lowest BCUT2D eigenvalue weighted by molar-refractivity contribution is -0.348. The molecular weight excluding hydrogens is 493 g/mol. The van der Waals surface area contributed by atoms with Gasteiger partial charge in [0.1, 0.15) is 6.04 Å². The van der Waals surface area contributed by atoms with Crippen LogP contribution >= 0.6 is 0 Å². The Balaban J connectivity index is 1.84. The largest absolute Gasteiger partial charge is 0.435 e. The minimum Gasteiger partial charge on any atom is -0.324 e. The van der Waals surface area contributed by atoms with Gasteiger partial charge in [0, 0.05) is 17.8 Å². The molecule has 3 rings (SSSR count). The molecule has 1 aliphatic heterocycles. The fourth-order valence-corrected chi connectivity index (χ4v) is 4.55. The molecule has 1 amide bonds. The second-order valence-corrected chi connectivity index (χ2v) is 9.90. The van der Waals surface area contributed by atoms with E-state index in [9.17, 15) is 43.9 Å². The zero-order valence-electron chi connectivity index (χ0n) is 17.5. The molecule has 0 radical (unpaired) electrons. The molecule has 5 nitrogen and oxygen atoms in total. The molecule has 0 bridgehead atoms. The van der Waals surface area contributed by atoms with E-state index in [1.807, 2.05) is 0 Å². The van der Waals surface area contributed by atoms with Crippen molar-refractivity contribution in [3.63, 3.8) is 0 Å². The van der Waals surface area contributed by atoms with Gasteiger partial charge >= 0.3 is 18.0 Å². The lowest BCUT2D eigenvalue weighted by Gasteiger charge is -2.30. The Labute approximate surface area is 190 Å². The minimum absolute atomic E-state index is 0.104. The number of amides is 1. The first-order valence-corrected chi connectivity index (χ1v) is 11.6. The molecule has 1 heterocycles. The van der Waals surface area contributed by atoms with Crippen LogP contribution in [-0.4, -0.2) is 39.0 Å². The van der Waals surface area contributed by atoms with Gasteiger partial charge in [-0.25, -0.2) is 12.8 Å². The molecule has 2 N–H and O–H groups in total. The summed E-state index contributed by atoms with van der Waals surface area (Å²) < 4.78 is 116. The van der Waals surface area contributed by atoms with E-state index in [0.29, 0.717) is 36.2 Å². The van der Waals surface area contributed by atoms with Crippen molar-refractivity contribution in [1.82, 2.24) is 5.32 Å². The highest BCUT2D eigenvalue weighted by Gasteiger charge is 2.73. The maximum atomic E-state index is 14.1. The Hall–Kier alpha value is -2.67. The molecule has 1 unspecified atom stereocenters. The molecule has 2 aromatic carbocycles. The highest BCUT2D eigenvalue weighted by molar-refractivity contribution is 7.91. The average molecular weight is 512 g/mol. The Kier molecular flexibility index (Phi) is 6.74. The molecule has 0 aliphatic carbocycles. The van der Waals surface area contributed by atoms with Crippen molar-refractivity contribution >= 4 is 21.4 Å². The first-order valence-electron chi connectivity index (χ1n) is 9.94. The molecule has 0 spiro atoms. The van der Waals surface area contributed by atoms with Crippen molar-refractivity contribution in [3.05, 3.63) is 59.2 Å². The first kappa shape index (κ1) is 25.9. The van der Waals surface area contributed by atoms with Crippen molar-refractivity contribution in [2.24, 2.45) is 0 Å². The number of carbonyl (C=O) groups excluding carboxylic acids is 1. The van der Waals surface area contributed by atoms with E-state index in [-0.39, 0.29) is 16.3 Å². The van der Waals surface area contributed by atoms with Gasteiger partial charge < -0.3 is 10.6 Å². The van der Waals surface area contributed by atoms with Gasteiger partial charge in [0.15, 0.2) is 9.84 Å². The van der Waals surface area contributed by atoms with Gasteiger partial charge in [-0.3, -0.25) is 4.79 Å². The number of anilines is 1. The Morgan fingerprint density at radius 1 is 1.00 bits per heavy atom. The molecule has 186 valence electrons. The topological polar surface area (TPSA) is 75.3 Å². The molecular formula is C21H19F7N2O3S. The standard InChI is InChI=1S/C21H19F7N2O3S/c1-2-34(32,33)15-7-8-16-12(11-15)9-10-29-17(16)18(31)30-14-5-3-13(4-6-14)19(22,20(23,24)25)21(26,27)28/h3-8,11,17,29H,2,9-10H2,1H3,(H,30,31). The van der Waals surface area contributed by atoms with E-state index in [1.165, 1.54) is 25.1 Å². The smallest absolute Gasteiger partial charge is 0.324 e. The van der Waals surface area contributed by atoms with E-state index in [0.717, 1.165) is 12.1 Å². The normalized spacial score (nSPS) is 17.2. The van der Waals surface area contributed by atoms with Crippen molar-refractivity contribution in [2.75, 3.05) is 17.6 Å². The number of rotatable bonds is 5. The van der Waals surface area contributed by atoms with Gasteiger partial charge in [-0.15, -0.1) is 0 Å². The number of nitrogens with one attached hydrogen (secondary N) is 2. The van der Waals surface area contributed by atoms with E-state index < -0.39 is 45.4 Å². The fraction of sp³-hybridized carbons (Fsp3) is 0.381. The number of benzene rings is 2. The predicted molar refractivity (Wildman–Crippen MR) is 109 cm³/mol. The fourth-order valence-electron chi connectivity index (χ4n) is 3.62. The van der Waals surface area contributed by atoms with E-state index in [2.05, 4.69) is 10.6 Å². The monoisotopic (exact) mass is 512 g/mol. The summed E-state index contributed by atoms with van der Waals surface area (Å²) in [7, 11) is -3.47. The number of fused-ring (bicyclic) bond motifs is 1. The zero-order chi connectivity index (χ0) is 25.5. The van der Waals surface area contributed by atoms with Crippen molar-refractivity contribution in [3.8, 4) is 0 Å². The number of carbonyl (C=O) groups is 1. The van der Waals surface area contributed by atoms with Gasteiger partial charge in [-0.05, 0) is 41.8 Å². The first-order chi connectivity index (χ1) is 15.6. The van der Waals surface area contributed by atoms with E-state index in [1.54, 1.807) is 0 Å². The van der Waals surface area contributed by atoms with Crippen LogP contribution in [0.5, 0.6) is 0 Å². The van der Waals surface area contributed by atoms with Crippen LogP contribution in [-0.2, 0) is 26.7 Å². The number of hydrogen-bond acceptors (Lipinski definition) is 4. The Bertz CT molecular complexity index is 1160. The maximum absolute atomic E-state index is 14.1. The molecule has 1 aliphatic rings. The van der Waals surface area contributed by atoms with E-state index in [4.69, 9.17) is 0 Å². The second-order valence-electron chi connectivity index (χ2n) is 7.62. The minimum atomic E-state index is -6.24. The van der Waals surface area contributed by atoms with Crippen LogP contribution in [0.4, 0.5) is 36.4 Å². The molecule has 1 atom stereocenters. The van der Waals surface area contributed by atoms with Gasteiger partial charge in [0.25, 0.3) is 0 Å². The van der Waals surface area contributed by atoms with Crippen LogP contribution in [0.3, 0.4) is 0 Å². The molecule has 2 aromatic rings. The number of alkyl halides is 7. The molecule has 0 saturated carbocycles. The molecule has 34 heavy (non-hydrogen) atoms. The molecule has 0 fully saturated rings. The summed E-state index contributed by atoms with van der Waals surface area (Å²) >= 11 is 0. The number of halogens is 7. The summed E-state index contributed by atoms with van der Waals surface area (Å²) in [5.41, 5.74) is -6.30. The summed E-state index contributed by atoms with van der Waals surface area (Å²) in [4.78, 5) is 12.8. The third kappa shape index (κ3) is 4.63. The summed E-state index contributed by atoms with van der Waals surface area (Å²) in [6.45, 7) is 1.81. The Morgan fingerprint density at radius 2 is 1.59 bits per heavy atom. The predicted octanol–water partition coefficient (Wildman–Crippen LogP) is 4.60. The second kappa shape index (κ2) is 8.84. The summed E-state index contributed by atoms with van der Waals surface area (Å²) in [5.74, 6) is -0.787. The third-order valence-electron chi connectivity index (χ3n) is 5.50. The average Bonchev–Trinajstić information content (AvgIpc) is 2.76. The van der Waals surface area contributed by atoms with Crippen LogP contribution in [0.25, 0.3) is 0 Å². The summed E-state index contributed by atoms with van der Waals surface area (Å²) in [6.07, 6.45) is -12.0. The lowest BCUT2D eigenvalue weighted by Crippen LogP contribution is -2.50. The van der Waals surface area contributed by atoms with Gasteiger partial charge in [0.2, 0.25) is 5.91 Å². The van der Waals surface area contributed by atoms with Crippen LogP contribution < -0.4 is 10.6 Å². The third-order valence-corrected chi connectivity index (χ3v) is 7.23. The quantitative estimate of drug-likeness (QED) is 0.575. The highest BCUT2D eigenvalue weighted by atomic mass is 32.2. The van der Waals surface area contributed by atoms with Crippen molar-refractivity contribution in [2.45, 2.75) is 42.3 Å². The van der Waals surface area contributed by atoms with Crippen molar-refractivity contribution < 1.29 is 43.9 Å².